The van der Waals surface area contributed by atoms with Gasteiger partial charge in [0, 0.05) is 18.4 Å². The third-order valence-corrected chi connectivity index (χ3v) is 2.53. The summed E-state index contributed by atoms with van der Waals surface area (Å²) in [5.41, 5.74) is 9.62. The number of nitrogens with two attached hydrogens (primary N) is 1. The molecule has 0 atom stereocenters. The van der Waals surface area contributed by atoms with E-state index in [1.807, 2.05) is 0 Å². The van der Waals surface area contributed by atoms with Crippen LogP contribution in [0.5, 0.6) is 0 Å². The first kappa shape index (κ1) is 9.33. The van der Waals surface area contributed by atoms with E-state index in [-0.39, 0.29) is 0 Å². The minimum atomic E-state index is 0.785. The normalized spacial score (nSPS) is 10.7. The van der Waals surface area contributed by atoms with Gasteiger partial charge in [-0.2, -0.15) is 0 Å². The molecule has 0 saturated heterocycles. The van der Waals surface area contributed by atoms with Crippen LogP contribution < -0.4 is 5.73 Å². The molecular formula is C10H18N2. The van der Waals surface area contributed by atoms with E-state index >= 15 is 0 Å². The minimum Gasteiger partial charge on any atom is -0.352 e. The van der Waals surface area contributed by atoms with Crippen LogP contribution in [0.2, 0.25) is 0 Å². The molecule has 0 aliphatic heterocycles. The van der Waals surface area contributed by atoms with Gasteiger partial charge < -0.3 is 10.3 Å². The average molecular weight is 166 g/mol. The average Bonchev–Trinajstić information content (AvgIpc) is 2.30. The van der Waals surface area contributed by atoms with Crippen molar-refractivity contribution in [2.45, 2.75) is 26.7 Å². The molecule has 1 aromatic rings. The molecule has 0 aliphatic rings. The van der Waals surface area contributed by atoms with Crippen LogP contribution in [0.3, 0.4) is 0 Å². The van der Waals surface area contributed by atoms with Crippen molar-refractivity contribution in [3.63, 3.8) is 0 Å². The Bertz CT molecular complexity index is 261. The van der Waals surface area contributed by atoms with Crippen LogP contribution in [0.1, 0.15) is 23.4 Å². The van der Waals surface area contributed by atoms with Crippen molar-refractivity contribution in [2.24, 2.45) is 12.8 Å². The van der Waals surface area contributed by atoms with Gasteiger partial charge in [-0.25, -0.2) is 0 Å². The van der Waals surface area contributed by atoms with Crippen molar-refractivity contribution in [2.75, 3.05) is 6.54 Å². The second kappa shape index (κ2) is 3.76. The van der Waals surface area contributed by atoms with Crippen molar-refractivity contribution in [1.82, 2.24) is 4.57 Å². The second-order valence-corrected chi connectivity index (χ2v) is 3.35. The molecule has 0 unspecified atom stereocenters. The van der Waals surface area contributed by atoms with Crippen LogP contribution in [0.15, 0.2) is 6.07 Å². The Morgan fingerprint density at radius 1 is 1.42 bits per heavy atom. The molecule has 0 aliphatic carbocycles. The number of rotatable bonds is 3. The first-order valence-electron chi connectivity index (χ1n) is 4.48. The van der Waals surface area contributed by atoms with Gasteiger partial charge in [-0.1, -0.05) is 0 Å². The highest BCUT2D eigenvalue weighted by Crippen LogP contribution is 2.14. The van der Waals surface area contributed by atoms with Crippen LogP contribution in [-0.4, -0.2) is 11.1 Å². The maximum atomic E-state index is 5.46. The van der Waals surface area contributed by atoms with E-state index in [0.29, 0.717) is 0 Å². The van der Waals surface area contributed by atoms with Crippen molar-refractivity contribution in [1.29, 1.82) is 0 Å². The van der Waals surface area contributed by atoms with Gasteiger partial charge in [-0.05, 0) is 44.9 Å². The summed E-state index contributed by atoms with van der Waals surface area (Å²) in [4.78, 5) is 0. The van der Waals surface area contributed by atoms with Crippen LogP contribution in [0.25, 0.3) is 0 Å². The highest BCUT2D eigenvalue weighted by atomic mass is 14.9. The van der Waals surface area contributed by atoms with E-state index in [9.17, 15) is 0 Å². The predicted octanol–water partition coefficient (Wildman–Crippen LogP) is 1.53. The molecule has 1 rings (SSSR count). The Morgan fingerprint density at radius 2 is 2.08 bits per heavy atom. The van der Waals surface area contributed by atoms with Gasteiger partial charge in [-0.15, -0.1) is 0 Å². The quantitative estimate of drug-likeness (QED) is 0.725. The number of hydrogen-bond donors (Lipinski definition) is 1. The first-order chi connectivity index (χ1) is 5.66. The van der Waals surface area contributed by atoms with E-state index in [2.05, 4.69) is 31.5 Å². The monoisotopic (exact) mass is 166 g/mol. The molecular weight excluding hydrogens is 148 g/mol. The largest absolute Gasteiger partial charge is 0.352 e. The Morgan fingerprint density at radius 3 is 2.50 bits per heavy atom. The molecule has 68 valence electrons. The topological polar surface area (TPSA) is 30.9 Å². The van der Waals surface area contributed by atoms with Crippen LogP contribution in [-0.2, 0) is 13.5 Å². The summed E-state index contributed by atoms with van der Waals surface area (Å²) in [5.74, 6) is 0. The number of nitrogens with zero attached hydrogens (tertiary/aromatic N) is 1. The van der Waals surface area contributed by atoms with E-state index < -0.39 is 0 Å². The molecule has 2 nitrogen and oxygen atoms in total. The Kier molecular flexibility index (Phi) is 2.93. The molecule has 0 amide bonds. The fourth-order valence-electron chi connectivity index (χ4n) is 1.48. The zero-order chi connectivity index (χ0) is 9.14. The lowest BCUT2D eigenvalue weighted by molar-refractivity contribution is 0.802. The maximum absolute atomic E-state index is 5.46. The van der Waals surface area contributed by atoms with Crippen molar-refractivity contribution < 1.29 is 0 Å². The Balaban J connectivity index is 2.79. The third-order valence-electron chi connectivity index (χ3n) is 2.53. The van der Waals surface area contributed by atoms with E-state index in [1.165, 1.54) is 17.0 Å². The van der Waals surface area contributed by atoms with Crippen LogP contribution >= 0.6 is 0 Å². The van der Waals surface area contributed by atoms with Gasteiger partial charge in [0.2, 0.25) is 0 Å². The second-order valence-electron chi connectivity index (χ2n) is 3.35. The minimum absolute atomic E-state index is 0.785. The Labute approximate surface area is 74.4 Å². The van der Waals surface area contributed by atoms with Crippen molar-refractivity contribution in [3.8, 4) is 0 Å². The summed E-state index contributed by atoms with van der Waals surface area (Å²) in [6.45, 7) is 5.09. The molecule has 1 aromatic heterocycles. The molecule has 0 radical (unpaired) electrons. The molecule has 0 saturated carbocycles. The molecule has 0 spiro atoms. The number of aryl methyl sites for hydroxylation is 2. The molecule has 0 fully saturated rings. The summed E-state index contributed by atoms with van der Waals surface area (Å²) in [6, 6.07) is 2.25. The van der Waals surface area contributed by atoms with Gasteiger partial charge in [0.1, 0.15) is 0 Å². The van der Waals surface area contributed by atoms with Gasteiger partial charge in [0.25, 0.3) is 0 Å². The zero-order valence-electron chi connectivity index (χ0n) is 8.22. The first-order valence-corrected chi connectivity index (χ1v) is 4.48. The molecule has 0 aromatic carbocycles. The van der Waals surface area contributed by atoms with Gasteiger partial charge in [-0.3, -0.25) is 0 Å². The summed E-state index contributed by atoms with van der Waals surface area (Å²) in [5, 5.41) is 0. The SMILES string of the molecule is Cc1cc(CCCN)c(C)n1C. The smallest absolute Gasteiger partial charge is 0.0175 e. The van der Waals surface area contributed by atoms with E-state index in [1.54, 1.807) is 0 Å². The fourth-order valence-corrected chi connectivity index (χ4v) is 1.48. The molecule has 1 heterocycles. The van der Waals surface area contributed by atoms with E-state index in [0.717, 1.165) is 19.4 Å². The van der Waals surface area contributed by atoms with Crippen molar-refractivity contribution in [3.05, 3.63) is 23.0 Å². The highest BCUT2D eigenvalue weighted by Gasteiger charge is 2.04. The zero-order valence-corrected chi connectivity index (χ0v) is 8.22. The Hall–Kier alpha value is -0.760. The lowest BCUT2D eigenvalue weighted by Gasteiger charge is -2.01. The fraction of sp³-hybridized carbons (Fsp3) is 0.600. The number of hydrogen-bond acceptors (Lipinski definition) is 1. The highest BCUT2D eigenvalue weighted by molar-refractivity contribution is 5.26. The summed E-state index contributed by atoms with van der Waals surface area (Å²) < 4.78 is 2.23. The van der Waals surface area contributed by atoms with Gasteiger partial charge in [0.15, 0.2) is 0 Å². The van der Waals surface area contributed by atoms with Gasteiger partial charge in [0.05, 0.1) is 0 Å². The molecule has 2 N–H and O–H groups in total. The summed E-state index contributed by atoms with van der Waals surface area (Å²) in [6.07, 6.45) is 2.20. The molecule has 0 bridgehead atoms. The molecule has 2 heteroatoms. The lowest BCUT2D eigenvalue weighted by Crippen LogP contribution is -2.01. The van der Waals surface area contributed by atoms with Crippen LogP contribution in [0.4, 0.5) is 0 Å². The maximum Gasteiger partial charge on any atom is 0.0175 e. The van der Waals surface area contributed by atoms with E-state index in [4.69, 9.17) is 5.73 Å². The standard InChI is InChI=1S/C10H18N2/c1-8-7-10(5-4-6-11)9(2)12(8)3/h7H,4-6,11H2,1-3H3. The molecule has 12 heavy (non-hydrogen) atoms. The van der Waals surface area contributed by atoms with Crippen molar-refractivity contribution >= 4 is 0 Å². The van der Waals surface area contributed by atoms with Crippen LogP contribution in [0, 0.1) is 13.8 Å². The predicted molar refractivity (Wildman–Crippen MR) is 52.3 cm³/mol. The summed E-state index contributed by atoms with van der Waals surface area (Å²) in [7, 11) is 2.11. The third kappa shape index (κ3) is 1.69. The number of aromatic nitrogens is 1. The summed E-state index contributed by atoms with van der Waals surface area (Å²) >= 11 is 0. The lowest BCUT2D eigenvalue weighted by atomic mass is 10.1. The van der Waals surface area contributed by atoms with Gasteiger partial charge >= 0.3 is 0 Å².